The van der Waals surface area contributed by atoms with Gasteiger partial charge in [-0.3, -0.25) is 4.79 Å². The molecule has 92 valence electrons. The molecule has 0 aromatic heterocycles. The molecule has 2 nitrogen and oxygen atoms in total. The van der Waals surface area contributed by atoms with Gasteiger partial charge in [0, 0.05) is 0 Å². The van der Waals surface area contributed by atoms with E-state index in [1.54, 1.807) is 26.0 Å². The minimum absolute atomic E-state index is 0.0304. The van der Waals surface area contributed by atoms with Crippen LogP contribution in [0.4, 0.5) is 0 Å². The maximum Gasteiger partial charge on any atom is 0.168 e. The van der Waals surface area contributed by atoms with Crippen molar-refractivity contribution in [3.05, 3.63) is 49.1 Å². The van der Waals surface area contributed by atoms with E-state index in [1.807, 2.05) is 0 Å². The Morgan fingerprint density at radius 1 is 1.18 bits per heavy atom. The van der Waals surface area contributed by atoms with Crippen LogP contribution in [-0.2, 0) is 4.79 Å². The Hall–Kier alpha value is -1.41. The van der Waals surface area contributed by atoms with E-state index >= 15 is 0 Å². The van der Waals surface area contributed by atoms with Crippen molar-refractivity contribution in [2.45, 2.75) is 32.3 Å². The fourth-order valence-electron chi connectivity index (χ4n) is 2.77. The van der Waals surface area contributed by atoms with Crippen molar-refractivity contribution in [3.8, 4) is 0 Å². The summed E-state index contributed by atoms with van der Waals surface area (Å²) in [5, 5.41) is 10.8. The number of aliphatic hydroxyl groups is 1. The highest BCUT2D eigenvalue weighted by Gasteiger charge is 2.58. The van der Waals surface area contributed by atoms with Crippen molar-refractivity contribution < 1.29 is 9.90 Å². The summed E-state index contributed by atoms with van der Waals surface area (Å²) in [7, 11) is 0. The summed E-state index contributed by atoms with van der Waals surface area (Å²) in [4.78, 5) is 12.4. The number of carbonyl (C=O) groups excluding carboxylic acids is 1. The average Bonchev–Trinajstić information content (AvgIpc) is 2.45. The summed E-state index contributed by atoms with van der Waals surface area (Å²) in [6, 6.07) is 0. The van der Waals surface area contributed by atoms with Crippen molar-refractivity contribution in [2.75, 3.05) is 0 Å². The standard InChI is InChI=1S/C15H20O2/c1-6-9-14(10-7-2)13(16)11(4)12(5)15(14,17)8-3/h6-8,17H,1-3,9-10H2,4-5H3/t15-/m0/s1. The van der Waals surface area contributed by atoms with Gasteiger partial charge < -0.3 is 5.11 Å². The van der Waals surface area contributed by atoms with E-state index in [2.05, 4.69) is 19.7 Å². The summed E-state index contributed by atoms with van der Waals surface area (Å²) < 4.78 is 0. The van der Waals surface area contributed by atoms with Gasteiger partial charge in [0.25, 0.3) is 0 Å². The molecule has 0 bridgehead atoms. The Bertz CT molecular complexity index is 405. The van der Waals surface area contributed by atoms with E-state index in [1.165, 1.54) is 6.08 Å². The van der Waals surface area contributed by atoms with Gasteiger partial charge in [-0.05, 0) is 37.8 Å². The molecule has 0 amide bonds. The van der Waals surface area contributed by atoms with Gasteiger partial charge in [0.15, 0.2) is 5.78 Å². The fraction of sp³-hybridized carbons (Fsp3) is 0.400. The molecule has 0 saturated carbocycles. The first kappa shape index (κ1) is 13.7. The van der Waals surface area contributed by atoms with Crippen molar-refractivity contribution in [1.29, 1.82) is 0 Å². The molecule has 1 atom stereocenters. The lowest BCUT2D eigenvalue weighted by Crippen LogP contribution is -2.47. The number of Topliss-reactive ketones (excluding diaryl/α,β-unsaturated/α-hetero) is 1. The molecule has 0 fully saturated rings. The van der Waals surface area contributed by atoms with Gasteiger partial charge in [-0.25, -0.2) is 0 Å². The van der Waals surface area contributed by atoms with E-state index in [-0.39, 0.29) is 5.78 Å². The monoisotopic (exact) mass is 232 g/mol. The van der Waals surface area contributed by atoms with Crippen LogP contribution in [0.3, 0.4) is 0 Å². The van der Waals surface area contributed by atoms with Gasteiger partial charge in [0.2, 0.25) is 0 Å². The van der Waals surface area contributed by atoms with Gasteiger partial charge in [0.05, 0.1) is 5.41 Å². The Labute approximate surface area is 103 Å². The van der Waals surface area contributed by atoms with Crippen LogP contribution in [0.15, 0.2) is 49.1 Å². The second kappa shape index (κ2) is 4.46. The third kappa shape index (κ3) is 1.55. The van der Waals surface area contributed by atoms with Crippen LogP contribution in [0.1, 0.15) is 26.7 Å². The third-order valence-electron chi connectivity index (χ3n) is 3.92. The molecular weight excluding hydrogens is 212 g/mol. The van der Waals surface area contributed by atoms with Crippen molar-refractivity contribution in [3.63, 3.8) is 0 Å². The fourth-order valence-corrected chi connectivity index (χ4v) is 2.77. The van der Waals surface area contributed by atoms with E-state index in [0.717, 1.165) is 0 Å². The predicted octanol–water partition coefficient (Wildman–Crippen LogP) is 2.96. The molecule has 0 aromatic rings. The molecule has 0 aliphatic heterocycles. The zero-order valence-corrected chi connectivity index (χ0v) is 10.6. The quantitative estimate of drug-likeness (QED) is 0.740. The van der Waals surface area contributed by atoms with Gasteiger partial charge >= 0.3 is 0 Å². The first-order valence-electron chi connectivity index (χ1n) is 5.71. The number of hydrogen-bond donors (Lipinski definition) is 1. The Balaban J connectivity index is 3.48. The molecule has 0 spiro atoms. The number of rotatable bonds is 5. The third-order valence-corrected chi connectivity index (χ3v) is 3.92. The maximum atomic E-state index is 12.4. The summed E-state index contributed by atoms with van der Waals surface area (Å²) in [6.07, 6.45) is 5.62. The largest absolute Gasteiger partial charge is 0.380 e. The first-order valence-corrected chi connectivity index (χ1v) is 5.71. The van der Waals surface area contributed by atoms with E-state index < -0.39 is 11.0 Å². The van der Waals surface area contributed by atoms with Gasteiger partial charge in [-0.15, -0.1) is 13.2 Å². The van der Waals surface area contributed by atoms with Crippen LogP contribution in [0, 0.1) is 5.41 Å². The Morgan fingerprint density at radius 2 is 1.65 bits per heavy atom. The SMILES string of the molecule is C=CCC1(CC=C)C(=O)C(C)=C(C)[C@@]1(O)C=C. The molecule has 1 rings (SSSR count). The Morgan fingerprint density at radius 3 is 2.00 bits per heavy atom. The molecule has 0 heterocycles. The van der Waals surface area contributed by atoms with Crippen LogP contribution in [0.5, 0.6) is 0 Å². The Kier molecular flexibility index (Phi) is 3.58. The normalized spacial score (nSPS) is 27.1. The van der Waals surface area contributed by atoms with Gasteiger partial charge in [-0.1, -0.05) is 24.8 Å². The first-order chi connectivity index (χ1) is 7.91. The maximum absolute atomic E-state index is 12.4. The summed E-state index contributed by atoms with van der Waals surface area (Å²) in [5.74, 6) is -0.0304. The van der Waals surface area contributed by atoms with Crippen LogP contribution in [0.25, 0.3) is 0 Å². The molecule has 0 aromatic carbocycles. The number of carbonyl (C=O) groups is 1. The topological polar surface area (TPSA) is 37.3 Å². The highest BCUT2D eigenvalue weighted by Crippen LogP contribution is 2.52. The average molecular weight is 232 g/mol. The zero-order valence-electron chi connectivity index (χ0n) is 10.6. The van der Waals surface area contributed by atoms with E-state index in [4.69, 9.17) is 0 Å². The van der Waals surface area contributed by atoms with Gasteiger partial charge in [-0.2, -0.15) is 0 Å². The summed E-state index contributed by atoms with van der Waals surface area (Å²) in [6.45, 7) is 14.6. The molecule has 1 aliphatic carbocycles. The molecule has 0 unspecified atom stereocenters. The van der Waals surface area contributed by atoms with Crippen molar-refractivity contribution >= 4 is 5.78 Å². The minimum atomic E-state index is -1.30. The summed E-state index contributed by atoms with van der Waals surface area (Å²) in [5.41, 5.74) is -0.902. The predicted molar refractivity (Wildman–Crippen MR) is 70.6 cm³/mol. The second-order valence-electron chi connectivity index (χ2n) is 4.62. The zero-order chi connectivity index (χ0) is 13.3. The van der Waals surface area contributed by atoms with Crippen LogP contribution in [-0.4, -0.2) is 16.5 Å². The number of allylic oxidation sites excluding steroid dienone is 3. The molecule has 0 radical (unpaired) electrons. The number of ketones is 1. The highest BCUT2D eigenvalue weighted by atomic mass is 16.3. The molecule has 2 heteroatoms. The van der Waals surface area contributed by atoms with Crippen molar-refractivity contribution in [1.82, 2.24) is 0 Å². The molecule has 0 saturated heterocycles. The molecule has 1 N–H and O–H groups in total. The van der Waals surface area contributed by atoms with Gasteiger partial charge in [0.1, 0.15) is 5.60 Å². The lowest BCUT2D eigenvalue weighted by Gasteiger charge is -2.39. The smallest absolute Gasteiger partial charge is 0.168 e. The lowest BCUT2D eigenvalue weighted by molar-refractivity contribution is -0.131. The van der Waals surface area contributed by atoms with Crippen molar-refractivity contribution in [2.24, 2.45) is 5.41 Å². The van der Waals surface area contributed by atoms with E-state index in [0.29, 0.717) is 24.0 Å². The lowest BCUT2D eigenvalue weighted by atomic mass is 9.66. The molecular formula is C15H20O2. The second-order valence-corrected chi connectivity index (χ2v) is 4.62. The van der Waals surface area contributed by atoms with Crippen LogP contribution in [0.2, 0.25) is 0 Å². The summed E-state index contributed by atoms with van der Waals surface area (Å²) >= 11 is 0. The highest BCUT2D eigenvalue weighted by molar-refractivity contribution is 6.05. The van der Waals surface area contributed by atoms with Crippen LogP contribution >= 0.6 is 0 Å². The minimum Gasteiger partial charge on any atom is -0.380 e. The van der Waals surface area contributed by atoms with E-state index in [9.17, 15) is 9.90 Å². The molecule has 1 aliphatic rings. The molecule has 17 heavy (non-hydrogen) atoms. The van der Waals surface area contributed by atoms with Crippen LogP contribution < -0.4 is 0 Å². The number of hydrogen-bond acceptors (Lipinski definition) is 2.